The molecular formula is C18H19NO3. The fourth-order valence-electron chi connectivity index (χ4n) is 2.39. The second-order valence-electron chi connectivity index (χ2n) is 5.40. The standard InChI is InChI=1S/C18H19NO3/c1-13-8-10-14(11-9-13)22-16-6-3-2-5-15(16)19-18(20)17-7-4-12-21-17/h2-3,5-6,8-11,17H,4,7,12H2,1H3,(H,19,20)/t17-/m0/s1. The molecule has 2 aromatic rings. The second-order valence-corrected chi connectivity index (χ2v) is 5.40. The maximum atomic E-state index is 12.2. The van der Waals surface area contributed by atoms with Crippen LogP contribution in [0.15, 0.2) is 48.5 Å². The van der Waals surface area contributed by atoms with Crippen molar-refractivity contribution in [1.82, 2.24) is 0 Å². The molecule has 1 fully saturated rings. The molecule has 114 valence electrons. The van der Waals surface area contributed by atoms with Crippen molar-refractivity contribution in [1.29, 1.82) is 0 Å². The van der Waals surface area contributed by atoms with Gasteiger partial charge in [0.1, 0.15) is 11.9 Å². The molecule has 0 saturated carbocycles. The summed E-state index contributed by atoms with van der Waals surface area (Å²) in [5.41, 5.74) is 1.83. The van der Waals surface area contributed by atoms with E-state index in [1.807, 2.05) is 55.5 Å². The monoisotopic (exact) mass is 297 g/mol. The molecule has 0 aromatic heterocycles. The Labute approximate surface area is 130 Å². The summed E-state index contributed by atoms with van der Waals surface area (Å²) in [6, 6.07) is 15.2. The van der Waals surface area contributed by atoms with Crippen molar-refractivity contribution in [2.75, 3.05) is 11.9 Å². The van der Waals surface area contributed by atoms with Crippen LogP contribution in [0, 0.1) is 6.92 Å². The Hall–Kier alpha value is -2.33. The van der Waals surface area contributed by atoms with Crippen molar-refractivity contribution in [3.05, 3.63) is 54.1 Å². The molecule has 22 heavy (non-hydrogen) atoms. The molecule has 1 amide bonds. The zero-order chi connectivity index (χ0) is 15.4. The van der Waals surface area contributed by atoms with Gasteiger partial charge >= 0.3 is 0 Å². The lowest BCUT2D eigenvalue weighted by Gasteiger charge is -2.14. The molecule has 4 heteroatoms. The van der Waals surface area contributed by atoms with E-state index in [0.29, 0.717) is 18.0 Å². The minimum Gasteiger partial charge on any atom is -0.455 e. The largest absolute Gasteiger partial charge is 0.455 e. The third kappa shape index (κ3) is 3.46. The van der Waals surface area contributed by atoms with Gasteiger partial charge in [0.25, 0.3) is 5.91 Å². The number of nitrogens with one attached hydrogen (secondary N) is 1. The van der Waals surface area contributed by atoms with E-state index in [1.54, 1.807) is 0 Å². The normalized spacial score (nSPS) is 17.2. The fraction of sp³-hybridized carbons (Fsp3) is 0.278. The highest BCUT2D eigenvalue weighted by molar-refractivity contribution is 5.95. The molecule has 2 aromatic carbocycles. The molecule has 1 aliphatic heterocycles. The van der Waals surface area contributed by atoms with E-state index in [1.165, 1.54) is 5.56 Å². The van der Waals surface area contributed by atoms with Crippen LogP contribution < -0.4 is 10.1 Å². The average Bonchev–Trinajstić information content (AvgIpc) is 3.06. The lowest BCUT2D eigenvalue weighted by molar-refractivity contribution is -0.124. The molecule has 0 spiro atoms. The number of anilines is 1. The molecule has 1 saturated heterocycles. The lowest BCUT2D eigenvalue weighted by Crippen LogP contribution is -2.26. The number of hydrogen-bond donors (Lipinski definition) is 1. The SMILES string of the molecule is Cc1ccc(Oc2ccccc2NC(=O)[C@@H]2CCCO2)cc1. The van der Waals surface area contributed by atoms with Crippen LogP contribution in [0.2, 0.25) is 0 Å². The van der Waals surface area contributed by atoms with Crippen molar-refractivity contribution >= 4 is 11.6 Å². The number of para-hydroxylation sites is 2. The number of aryl methyl sites for hydroxylation is 1. The van der Waals surface area contributed by atoms with Crippen LogP contribution in [-0.4, -0.2) is 18.6 Å². The molecule has 0 unspecified atom stereocenters. The maximum absolute atomic E-state index is 12.2. The topological polar surface area (TPSA) is 47.6 Å². The molecule has 1 aliphatic rings. The Morgan fingerprint density at radius 1 is 1.18 bits per heavy atom. The second kappa shape index (κ2) is 6.62. The number of hydrogen-bond acceptors (Lipinski definition) is 3. The quantitative estimate of drug-likeness (QED) is 0.931. The number of carbonyl (C=O) groups is 1. The first kappa shape index (κ1) is 14.6. The highest BCUT2D eigenvalue weighted by Crippen LogP contribution is 2.30. The summed E-state index contributed by atoms with van der Waals surface area (Å²) in [6.45, 7) is 2.68. The zero-order valence-corrected chi connectivity index (χ0v) is 12.5. The summed E-state index contributed by atoms with van der Waals surface area (Å²) in [5, 5.41) is 2.90. The van der Waals surface area contributed by atoms with Gasteiger partial charge in [-0.05, 0) is 44.0 Å². The van der Waals surface area contributed by atoms with Gasteiger partial charge in [-0.25, -0.2) is 0 Å². The van der Waals surface area contributed by atoms with Crippen molar-refractivity contribution in [3.8, 4) is 11.5 Å². The number of benzene rings is 2. The molecule has 1 N–H and O–H groups in total. The van der Waals surface area contributed by atoms with Crippen LogP contribution in [0.4, 0.5) is 5.69 Å². The first-order valence-electron chi connectivity index (χ1n) is 7.48. The molecular weight excluding hydrogens is 278 g/mol. The molecule has 4 nitrogen and oxygen atoms in total. The first-order chi connectivity index (χ1) is 10.7. The Morgan fingerprint density at radius 3 is 2.68 bits per heavy atom. The van der Waals surface area contributed by atoms with Crippen molar-refractivity contribution in [2.24, 2.45) is 0 Å². The summed E-state index contributed by atoms with van der Waals surface area (Å²) in [7, 11) is 0. The van der Waals surface area contributed by atoms with Gasteiger partial charge in [-0.3, -0.25) is 4.79 Å². The minimum absolute atomic E-state index is 0.113. The van der Waals surface area contributed by atoms with Crippen LogP contribution in [-0.2, 0) is 9.53 Å². The van der Waals surface area contributed by atoms with Gasteiger partial charge in [0.2, 0.25) is 0 Å². The third-order valence-electron chi connectivity index (χ3n) is 3.62. The Balaban J connectivity index is 1.74. The van der Waals surface area contributed by atoms with Gasteiger partial charge in [-0.15, -0.1) is 0 Å². The van der Waals surface area contributed by atoms with E-state index in [9.17, 15) is 4.79 Å². The third-order valence-corrected chi connectivity index (χ3v) is 3.62. The van der Waals surface area contributed by atoms with Crippen LogP contribution in [0.25, 0.3) is 0 Å². The molecule has 0 aliphatic carbocycles. The van der Waals surface area contributed by atoms with Crippen molar-refractivity contribution in [3.63, 3.8) is 0 Å². The molecule has 1 atom stereocenters. The maximum Gasteiger partial charge on any atom is 0.253 e. The number of rotatable bonds is 4. The number of ether oxygens (including phenoxy) is 2. The zero-order valence-electron chi connectivity index (χ0n) is 12.5. The summed E-state index contributed by atoms with van der Waals surface area (Å²) in [6.07, 6.45) is 1.35. The van der Waals surface area contributed by atoms with E-state index in [4.69, 9.17) is 9.47 Å². The van der Waals surface area contributed by atoms with E-state index < -0.39 is 0 Å². The lowest BCUT2D eigenvalue weighted by atomic mass is 10.2. The van der Waals surface area contributed by atoms with E-state index in [0.717, 1.165) is 18.6 Å². The van der Waals surface area contributed by atoms with Gasteiger partial charge < -0.3 is 14.8 Å². The van der Waals surface area contributed by atoms with Gasteiger partial charge in [0.15, 0.2) is 5.75 Å². The Bertz CT molecular complexity index is 646. The van der Waals surface area contributed by atoms with Crippen LogP contribution in [0.5, 0.6) is 11.5 Å². The number of carbonyl (C=O) groups excluding carboxylic acids is 1. The minimum atomic E-state index is -0.354. The van der Waals surface area contributed by atoms with Crippen LogP contribution in [0.3, 0.4) is 0 Å². The first-order valence-corrected chi connectivity index (χ1v) is 7.48. The summed E-state index contributed by atoms with van der Waals surface area (Å²) >= 11 is 0. The summed E-state index contributed by atoms with van der Waals surface area (Å²) < 4.78 is 11.3. The van der Waals surface area contributed by atoms with Gasteiger partial charge in [0, 0.05) is 6.61 Å². The predicted octanol–water partition coefficient (Wildman–Crippen LogP) is 3.90. The smallest absolute Gasteiger partial charge is 0.253 e. The van der Waals surface area contributed by atoms with E-state index >= 15 is 0 Å². The summed E-state index contributed by atoms with van der Waals surface area (Å²) in [4.78, 5) is 12.2. The fourth-order valence-corrected chi connectivity index (χ4v) is 2.39. The van der Waals surface area contributed by atoms with Crippen molar-refractivity contribution in [2.45, 2.75) is 25.9 Å². The molecule has 0 radical (unpaired) electrons. The van der Waals surface area contributed by atoms with Crippen LogP contribution in [0.1, 0.15) is 18.4 Å². The molecule has 3 rings (SSSR count). The molecule has 0 bridgehead atoms. The number of amides is 1. The highest BCUT2D eigenvalue weighted by Gasteiger charge is 2.24. The van der Waals surface area contributed by atoms with E-state index in [2.05, 4.69) is 5.32 Å². The van der Waals surface area contributed by atoms with Gasteiger partial charge in [-0.1, -0.05) is 29.8 Å². The van der Waals surface area contributed by atoms with Gasteiger partial charge in [0.05, 0.1) is 5.69 Å². The average molecular weight is 297 g/mol. The highest BCUT2D eigenvalue weighted by atomic mass is 16.5. The summed E-state index contributed by atoms with van der Waals surface area (Å²) in [5.74, 6) is 1.25. The van der Waals surface area contributed by atoms with Crippen LogP contribution >= 0.6 is 0 Å². The van der Waals surface area contributed by atoms with Gasteiger partial charge in [-0.2, -0.15) is 0 Å². The van der Waals surface area contributed by atoms with E-state index in [-0.39, 0.29) is 12.0 Å². The predicted molar refractivity (Wildman–Crippen MR) is 85.3 cm³/mol. The Kier molecular flexibility index (Phi) is 4.39. The Morgan fingerprint density at radius 2 is 1.95 bits per heavy atom. The van der Waals surface area contributed by atoms with Crippen molar-refractivity contribution < 1.29 is 14.3 Å². The molecule has 1 heterocycles.